The highest BCUT2D eigenvalue weighted by molar-refractivity contribution is 7.91. The monoisotopic (exact) mass is 404 g/mol. The predicted octanol–water partition coefficient (Wildman–Crippen LogP) is 2.13. The zero-order valence-electron chi connectivity index (χ0n) is 13.6. The molecule has 1 amide bonds. The summed E-state index contributed by atoms with van der Waals surface area (Å²) in [7, 11) is -3.71. The standard InChI is InChI=1S/C14H17F5N2O4S/c1-25-7-6-21(9-14(17,18)19)8-12(22)20-10-4-2-3-5-11(10)26(23,24)13(15)16/h2-5,13H,6-9H2,1H3,(H,20,22). The minimum atomic E-state index is -4.99. The van der Waals surface area contributed by atoms with Gasteiger partial charge in [-0.05, 0) is 12.1 Å². The van der Waals surface area contributed by atoms with Crippen LogP contribution in [0.3, 0.4) is 0 Å². The van der Waals surface area contributed by atoms with Crippen molar-refractivity contribution in [3.05, 3.63) is 24.3 Å². The van der Waals surface area contributed by atoms with Gasteiger partial charge in [0.1, 0.15) is 0 Å². The van der Waals surface area contributed by atoms with Gasteiger partial charge in [-0.25, -0.2) is 8.42 Å². The summed E-state index contributed by atoms with van der Waals surface area (Å²) in [6, 6.07) is 4.41. The number of benzene rings is 1. The fourth-order valence-corrected chi connectivity index (χ4v) is 2.88. The van der Waals surface area contributed by atoms with Crippen LogP contribution in [0.1, 0.15) is 0 Å². The first-order valence-electron chi connectivity index (χ1n) is 7.16. The lowest BCUT2D eigenvalue weighted by atomic mass is 10.3. The van der Waals surface area contributed by atoms with Crippen molar-refractivity contribution < 1.29 is 39.9 Å². The molecule has 0 atom stereocenters. The number of hydrogen-bond donors (Lipinski definition) is 1. The molecule has 0 aliphatic rings. The van der Waals surface area contributed by atoms with Crippen molar-refractivity contribution in [2.45, 2.75) is 16.8 Å². The molecule has 0 unspecified atom stereocenters. The molecule has 0 aliphatic carbocycles. The van der Waals surface area contributed by atoms with E-state index in [1.54, 1.807) is 0 Å². The first-order valence-corrected chi connectivity index (χ1v) is 8.71. The zero-order chi connectivity index (χ0) is 20.0. The van der Waals surface area contributed by atoms with Gasteiger partial charge in [-0.15, -0.1) is 0 Å². The van der Waals surface area contributed by atoms with E-state index < -0.39 is 51.4 Å². The maximum absolute atomic E-state index is 12.7. The number of rotatable bonds is 9. The number of carbonyl (C=O) groups is 1. The molecule has 1 N–H and O–H groups in total. The Hall–Kier alpha value is -1.79. The number of hydrogen-bond acceptors (Lipinski definition) is 5. The summed E-state index contributed by atoms with van der Waals surface area (Å²) in [5.41, 5.74) is -0.434. The van der Waals surface area contributed by atoms with Gasteiger partial charge in [-0.2, -0.15) is 22.0 Å². The smallest absolute Gasteiger partial charge is 0.383 e. The van der Waals surface area contributed by atoms with Crippen LogP contribution in [0, 0.1) is 0 Å². The van der Waals surface area contributed by atoms with Gasteiger partial charge in [-0.1, -0.05) is 12.1 Å². The van der Waals surface area contributed by atoms with Crippen LogP contribution in [0.2, 0.25) is 0 Å². The fraction of sp³-hybridized carbons (Fsp3) is 0.500. The van der Waals surface area contributed by atoms with Crippen LogP contribution in [-0.4, -0.2) is 64.5 Å². The second-order valence-electron chi connectivity index (χ2n) is 5.17. The predicted molar refractivity (Wildman–Crippen MR) is 82.6 cm³/mol. The van der Waals surface area contributed by atoms with Crippen molar-refractivity contribution in [1.82, 2.24) is 4.90 Å². The molecule has 1 rings (SSSR count). The minimum absolute atomic E-state index is 0.0697. The number of methoxy groups -OCH3 is 1. The second-order valence-corrected chi connectivity index (χ2v) is 7.05. The third-order valence-electron chi connectivity index (χ3n) is 3.08. The maximum Gasteiger partial charge on any atom is 0.401 e. The number of anilines is 1. The summed E-state index contributed by atoms with van der Waals surface area (Å²) < 4.78 is 90.9. The Kier molecular flexibility index (Phi) is 7.90. The Labute approximate surface area is 146 Å². The number of alkyl halides is 5. The van der Waals surface area contributed by atoms with E-state index in [4.69, 9.17) is 0 Å². The Bertz CT molecular complexity index is 710. The molecule has 0 bridgehead atoms. The highest BCUT2D eigenvalue weighted by Crippen LogP contribution is 2.26. The van der Waals surface area contributed by atoms with Crippen molar-refractivity contribution >= 4 is 21.4 Å². The Morgan fingerprint density at radius 2 is 1.88 bits per heavy atom. The summed E-state index contributed by atoms with van der Waals surface area (Å²) in [4.78, 5) is 11.9. The van der Waals surface area contributed by atoms with E-state index in [2.05, 4.69) is 10.1 Å². The number of nitrogens with zero attached hydrogens (tertiary/aromatic N) is 1. The summed E-state index contributed by atoms with van der Waals surface area (Å²) in [6.45, 7) is -2.40. The minimum Gasteiger partial charge on any atom is -0.383 e. The van der Waals surface area contributed by atoms with E-state index in [9.17, 15) is 35.2 Å². The molecule has 6 nitrogen and oxygen atoms in total. The first-order chi connectivity index (χ1) is 12.0. The number of halogens is 5. The lowest BCUT2D eigenvalue weighted by Gasteiger charge is -2.23. The van der Waals surface area contributed by atoms with Gasteiger partial charge >= 0.3 is 11.9 Å². The molecule has 0 radical (unpaired) electrons. The Morgan fingerprint density at radius 1 is 1.27 bits per heavy atom. The normalized spacial score (nSPS) is 12.6. The average molecular weight is 404 g/mol. The Balaban J connectivity index is 2.93. The van der Waals surface area contributed by atoms with E-state index in [1.807, 2.05) is 0 Å². The second kappa shape index (κ2) is 9.24. The molecule has 1 aromatic rings. The molecule has 0 saturated heterocycles. The highest BCUT2D eigenvalue weighted by Gasteiger charge is 2.32. The van der Waals surface area contributed by atoms with Crippen LogP contribution in [0.15, 0.2) is 29.2 Å². The third kappa shape index (κ3) is 6.84. The topological polar surface area (TPSA) is 75.7 Å². The molecule has 0 aliphatic heterocycles. The molecular formula is C14H17F5N2O4S. The molecule has 1 aromatic carbocycles. The van der Waals surface area contributed by atoms with Crippen LogP contribution in [-0.2, 0) is 19.4 Å². The molecule has 12 heteroatoms. The highest BCUT2D eigenvalue weighted by atomic mass is 32.2. The fourth-order valence-electron chi connectivity index (χ4n) is 1.99. The number of amides is 1. The maximum atomic E-state index is 12.7. The molecule has 0 saturated carbocycles. The van der Waals surface area contributed by atoms with E-state index in [0.29, 0.717) is 0 Å². The van der Waals surface area contributed by atoms with Crippen molar-refractivity contribution in [3.8, 4) is 0 Å². The van der Waals surface area contributed by atoms with Crippen molar-refractivity contribution in [2.75, 3.05) is 38.7 Å². The van der Waals surface area contributed by atoms with Gasteiger partial charge in [0.2, 0.25) is 15.7 Å². The third-order valence-corrected chi connectivity index (χ3v) is 4.52. The number of sulfone groups is 1. The number of carbonyl (C=O) groups excluding carboxylic acids is 1. The van der Waals surface area contributed by atoms with Crippen LogP contribution < -0.4 is 5.32 Å². The number of para-hydroxylation sites is 1. The zero-order valence-corrected chi connectivity index (χ0v) is 14.4. The van der Waals surface area contributed by atoms with Gasteiger partial charge in [-0.3, -0.25) is 9.69 Å². The van der Waals surface area contributed by atoms with Crippen LogP contribution in [0.25, 0.3) is 0 Å². The lowest BCUT2D eigenvalue weighted by Crippen LogP contribution is -2.41. The summed E-state index contributed by atoms with van der Waals surface area (Å²) >= 11 is 0. The van der Waals surface area contributed by atoms with Crippen molar-refractivity contribution in [1.29, 1.82) is 0 Å². The number of nitrogens with one attached hydrogen (secondary N) is 1. The number of ether oxygens (including phenoxy) is 1. The summed E-state index contributed by atoms with van der Waals surface area (Å²) in [5, 5.41) is 2.06. The molecule has 148 valence electrons. The van der Waals surface area contributed by atoms with Crippen LogP contribution in [0.5, 0.6) is 0 Å². The van der Waals surface area contributed by atoms with Crippen molar-refractivity contribution in [2.24, 2.45) is 0 Å². The average Bonchev–Trinajstić information content (AvgIpc) is 2.51. The molecule has 0 heterocycles. The quantitative estimate of drug-likeness (QED) is 0.639. The Morgan fingerprint density at radius 3 is 2.42 bits per heavy atom. The molecular weight excluding hydrogens is 387 g/mol. The summed E-state index contributed by atoms with van der Waals surface area (Å²) in [5.74, 6) is -4.69. The molecule has 26 heavy (non-hydrogen) atoms. The van der Waals surface area contributed by atoms with E-state index >= 15 is 0 Å². The van der Waals surface area contributed by atoms with Gasteiger partial charge in [0.05, 0.1) is 30.3 Å². The largest absolute Gasteiger partial charge is 0.401 e. The van der Waals surface area contributed by atoms with Gasteiger partial charge in [0.25, 0.3) is 0 Å². The van der Waals surface area contributed by atoms with Gasteiger partial charge in [0, 0.05) is 13.7 Å². The summed E-state index contributed by atoms with van der Waals surface area (Å²) in [6.07, 6.45) is -4.56. The van der Waals surface area contributed by atoms with Crippen LogP contribution >= 0.6 is 0 Å². The molecule has 0 aromatic heterocycles. The van der Waals surface area contributed by atoms with Gasteiger partial charge < -0.3 is 10.1 Å². The SMILES string of the molecule is COCCN(CC(=O)Nc1ccccc1S(=O)(=O)C(F)F)CC(F)(F)F. The van der Waals surface area contributed by atoms with Crippen LogP contribution in [0.4, 0.5) is 27.6 Å². The molecule has 0 spiro atoms. The first kappa shape index (κ1) is 22.3. The molecule has 0 fully saturated rings. The van der Waals surface area contributed by atoms with Crippen molar-refractivity contribution in [3.63, 3.8) is 0 Å². The van der Waals surface area contributed by atoms with E-state index in [1.165, 1.54) is 19.2 Å². The van der Waals surface area contributed by atoms with Gasteiger partial charge in [0.15, 0.2) is 0 Å². The lowest BCUT2D eigenvalue weighted by molar-refractivity contribution is -0.149. The van der Waals surface area contributed by atoms with E-state index in [-0.39, 0.29) is 13.2 Å². The van der Waals surface area contributed by atoms with E-state index in [0.717, 1.165) is 17.0 Å².